The summed E-state index contributed by atoms with van der Waals surface area (Å²) in [6.45, 7) is 4.37. The zero-order chi connectivity index (χ0) is 13.0. The van der Waals surface area contributed by atoms with Crippen molar-refractivity contribution in [1.29, 1.82) is 0 Å². The standard InChI is InChI=1S/C13H20N2O2/c1-8(2)10-6-9(4-5-12(10)17-3)11(7-14)13(15)16/h4-6,8,11H,7,14H2,1-3H3,(H2,15,16). The summed E-state index contributed by atoms with van der Waals surface area (Å²) < 4.78 is 5.29. The predicted molar refractivity (Wildman–Crippen MR) is 68.1 cm³/mol. The van der Waals surface area contributed by atoms with Crippen LogP contribution in [0.4, 0.5) is 0 Å². The lowest BCUT2D eigenvalue weighted by atomic mass is 9.92. The van der Waals surface area contributed by atoms with Crippen molar-refractivity contribution in [3.05, 3.63) is 29.3 Å². The fourth-order valence-electron chi connectivity index (χ4n) is 1.84. The topological polar surface area (TPSA) is 78.3 Å². The third-order valence-corrected chi connectivity index (χ3v) is 2.86. The van der Waals surface area contributed by atoms with Crippen LogP contribution in [-0.4, -0.2) is 19.6 Å². The fourth-order valence-corrected chi connectivity index (χ4v) is 1.84. The highest BCUT2D eigenvalue weighted by Crippen LogP contribution is 2.29. The van der Waals surface area contributed by atoms with Gasteiger partial charge in [0.15, 0.2) is 0 Å². The van der Waals surface area contributed by atoms with E-state index in [1.165, 1.54) is 0 Å². The molecule has 1 amide bonds. The molecule has 0 aliphatic rings. The van der Waals surface area contributed by atoms with Crippen molar-refractivity contribution in [2.75, 3.05) is 13.7 Å². The molecule has 0 bridgehead atoms. The third kappa shape index (κ3) is 2.97. The Morgan fingerprint density at radius 1 is 1.41 bits per heavy atom. The van der Waals surface area contributed by atoms with Crippen LogP contribution in [0.3, 0.4) is 0 Å². The molecule has 1 atom stereocenters. The Kier molecular flexibility index (Phi) is 4.52. The highest BCUT2D eigenvalue weighted by atomic mass is 16.5. The molecule has 4 N–H and O–H groups in total. The number of rotatable bonds is 5. The largest absolute Gasteiger partial charge is 0.496 e. The summed E-state index contributed by atoms with van der Waals surface area (Å²) in [6.07, 6.45) is 0. The van der Waals surface area contributed by atoms with Crippen LogP contribution >= 0.6 is 0 Å². The summed E-state index contributed by atoms with van der Waals surface area (Å²) in [7, 11) is 1.63. The summed E-state index contributed by atoms with van der Waals surface area (Å²) in [5, 5.41) is 0. The number of benzene rings is 1. The van der Waals surface area contributed by atoms with Crippen LogP contribution in [0.25, 0.3) is 0 Å². The quantitative estimate of drug-likeness (QED) is 0.810. The van der Waals surface area contributed by atoms with E-state index in [4.69, 9.17) is 16.2 Å². The highest BCUT2D eigenvalue weighted by Gasteiger charge is 2.18. The lowest BCUT2D eigenvalue weighted by molar-refractivity contribution is -0.119. The molecule has 0 saturated carbocycles. The zero-order valence-electron chi connectivity index (χ0n) is 10.6. The van der Waals surface area contributed by atoms with Crippen molar-refractivity contribution in [2.45, 2.75) is 25.7 Å². The molecule has 94 valence electrons. The molecule has 17 heavy (non-hydrogen) atoms. The monoisotopic (exact) mass is 236 g/mol. The Morgan fingerprint density at radius 2 is 2.06 bits per heavy atom. The van der Waals surface area contributed by atoms with Crippen molar-refractivity contribution >= 4 is 5.91 Å². The van der Waals surface area contributed by atoms with Gasteiger partial charge in [-0.1, -0.05) is 26.0 Å². The number of primary amides is 1. The number of amides is 1. The van der Waals surface area contributed by atoms with Gasteiger partial charge in [-0.3, -0.25) is 4.79 Å². The summed E-state index contributed by atoms with van der Waals surface area (Å²) in [5.74, 6) is 0.311. The first-order valence-corrected chi connectivity index (χ1v) is 5.68. The van der Waals surface area contributed by atoms with Gasteiger partial charge in [0.25, 0.3) is 0 Å². The van der Waals surface area contributed by atoms with Crippen molar-refractivity contribution in [2.24, 2.45) is 11.5 Å². The van der Waals surface area contributed by atoms with Gasteiger partial charge in [0.05, 0.1) is 13.0 Å². The predicted octanol–water partition coefficient (Wildman–Crippen LogP) is 1.35. The van der Waals surface area contributed by atoms with Crippen molar-refractivity contribution in [3.8, 4) is 5.75 Å². The maximum absolute atomic E-state index is 11.3. The first kappa shape index (κ1) is 13.5. The van der Waals surface area contributed by atoms with E-state index >= 15 is 0 Å². The SMILES string of the molecule is COc1ccc(C(CN)C(N)=O)cc1C(C)C. The Labute approximate surface area is 102 Å². The first-order chi connectivity index (χ1) is 8.01. The average molecular weight is 236 g/mol. The maximum atomic E-state index is 11.3. The molecule has 1 rings (SSSR count). The number of nitrogens with two attached hydrogens (primary N) is 2. The molecule has 0 heterocycles. The van der Waals surface area contributed by atoms with Gasteiger partial charge in [-0.2, -0.15) is 0 Å². The highest BCUT2D eigenvalue weighted by molar-refractivity contribution is 5.82. The second kappa shape index (κ2) is 5.68. The molecule has 0 aromatic heterocycles. The first-order valence-electron chi connectivity index (χ1n) is 5.68. The zero-order valence-corrected chi connectivity index (χ0v) is 10.6. The average Bonchev–Trinajstić information content (AvgIpc) is 2.29. The van der Waals surface area contributed by atoms with E-state index in [1.54, 1.807) is 7.11 Å². The van der Waals surface area contributed by atoms with E-state index < -0.39 is 11.8 Å². The number of ether oxygens (including phenoxy) is 1. The third-order valence-electron chi connectivity index (χ3n) is 2.86. The van der Waals surface area contributed by atoms with E-state index in [-0.39, 0.29) is 6.54 Å². The van der Waals surface area contributed by atoms with Crippen molar-refractivity contribution in [1.82, 2.24) is 0 Å². The van der Waals surface area contributed by atoms with Gasteiger partial charge in [0.2, 0.25) is 5.91 Å². The van der Waals surface area contributed by atoms with Gasteiger partial charge in [0.1, 0.15) is 5.75 Å². The molecule has 4 heteroatoms. The van der Waals surface area contributed by atoms with E-state index in [0.717, 1.165) is 16.9 Å². The molecule has 0 fully saturated rings. The minimum atomic E-state index is -0.432. The number of carbonyl (C=O) groups excluding carboxylic acids is 1. The molecule has 0 spiro atoms. The van der Waals surface area contributed by atoms with Crippen LogP contribution in [-0.2, 0) is 4.79 Å². The Morgan fingerprint density at radius 3 is 2.47 bits per heavy atom. The van der Waals surface area contributed by atoms with E-state index in [2.05, 4.69) is 13.8 Å². The summed E-state index contributed by atoms with van der Waals surface area (Å²) in [6, 6.07) is 5.65. The van der Waals surface area contributed by atoms with Crippen LogP contribution < -0.4 is 16.2 Å². The lowest BCUT2D eigenvalue weighted by Crippen LogP contribution is -2.27. The second-order valence-electron chi connectivity index (χ2n) is 4.35. The minimum Gasteiger partial charge on any atom is -0.496 e. The van der Waals surface area contributed by atoms with Gasteiger partial charge < -0.3 is 16.2 Å². The maximum Gasteiger partial charge on any atom is 0.226 e. The minimum absolute atomic E-state index is 0.221. The van der Waals surface area contributed by atoms with E-state index in [1.807, 2.05) is 18.2 Å². The number of hydrogen-bond donors (Lipinski definition) is 2. The molecule has 0 saturated heterocycles. The Hall–Kier alpha value is -1.55. The van der Waals surface area contributed by atoms with Gasteiger partial charge in [-0.15, -0.1) is 0 Å². The molecule has 0 radical (unpaired) electrons. The molecular formula is C13H20N2O2. The fraction of sp³-hybridized carbons (Fsp3) is 0.462. The van der Waals surface area contributed by atoms with Crippen LogP contribution in [0.2, 0.25) is 0 Å². The van der Waals surface area contributed by atoms with Gasteiger partial charge in [-0.25, -0.2) is 0 Å². The van der Waals surface area contributed by atoms with Gasteiger partial charge >= 0.3 is 0 Å². The number of carbonyl (C=O) groups is 1. The molecule has 0 aliphatic carbocycles. The lowest BCUT2D eigenvalue weighted by Gasteiger charge is -2.17. The molecule has 1 unspecified atom stereocenters. The summed E-state index contributed by atoms with van der Waals surface area (Å²) >= 11 is 0. The number of methoxy groups -OCH3 is 1. The molecule has 1 aromatic rings. The molecular weight excluding hydrogens is 216 g/mol. The van der Waals surface area contributed by atoms with Gasteiger partial charge in [-0.05, 0) is 23.1 Å². The van der Waals surface area contributed by atoms with Crippen LogP contribution in [0.1, 0.15) is 36.8 Å². The summed E-state index contributed by atoms with van der Waals surface area (Å²) in [5.41, 5.74) is 12.8. The molecule has 4 nitrogen and oxygen atoms in total. The van der Waals surface area contributed by atoms with Crippen LogP contribution in [0.5, 0.6) is 5.75 Å². The molecule has 0 aliphatic heterocycles. The Bertz CT molecular complexity index is 402. The van der Waals surface area contributed by atoms with E-state index in [9.17, 15) is 4.79 Å². The van der Waals surface area contributed by atoms with Crippen LogP contribution in [0.15, 0.2) is 18.2 Å². The Balaban J connectivity index is 3.19. The summed E-state index contributed by atoms with van der Waals surface area (Å²) in [4.78, 5) is 11.3. The van der Waals surface area contributed by atoms with E-state index in [0.29, 0.717) is 5.92 Å². The second-order valence-corrected chi connectivity index (χ2v) is 4.35. The molecule has 1 aromatic carbocycles. The van der Waals surface area contributed by atoms with Crippen LogP contribution in [0, 0.1) is 0 Å². The van der Waals surface area contributed by atoms with Crippen molar-refractivity contribution in [3.63, 3.8) is 0 Å². The van der Waals surface area contributed by atoms with Crippen molar-refractivity contribution < 1.29 is 9.53 Å². The number of hydrogen-bond acceptors (Lipinski definition) is 3. The van der Waals surface area contributed by atoms with Gasteiger partial charge in [0, 0.05) is 6.54 Å². The normalized spacial score (nSPS) is 12.5. The smallest absolute Gasteiger partial charge is 0.226 e.